The first kappa shape index (κ1) is 27.9. The van der Waals surface area contributed by atoms with Crippen molar-refractivity contribution in [2.24, 2.45) is 5.10 Å². The van der Waals surface area contributed by atoms with Crippen molar-refractivity contribution in [3.8, 4) is 11.5 Å². The molecule has 0 bridgehead atoms. The van der Waals surface area contributed by atoms with Gasteiger partial charge in [0, 0.05) is 31.9 Å². The molecule has 3 aromatic rings. The third-order valence-corrected chi connectivity index (χ3v) is 7.19. The number of hydrazone groups is 1. The van der Waals surface area contributed by atoms with Crippen LogP contribution in [0, 0.1) is 10.1 Å². The summed E-state index contributed by atoms with van der Waals surface area (Å²) in [4.78, 5) is 25.0. The van der Waals surface area contributed by atoms with Crippen LogP contribution in [0.25, 0.3) is 0 Å². The zero-order chi connectivity index (χ0) is 27.9. The van der Waals surface area contributed by atoms with Gasteiger partial charge in [-0.15, -0.1) is 0 Å². The van der Waals surface area contributed by atoms with Gasteiger partial charge in [0.05, 0.1) is 31.0 Å². The number of rotatable bonds is 11. The van der Waals surface area contributed by atoms with Crippen LogP contribution < -0.4 is 24.1 Å². The predicted molar refractivity (Wildman–Crippen MR) is 144 cm³/mol. The largest absolute Gasteiger partial charge is 0.497 e. The molecule has 1 N–H and O–H groups in total. The lowest BCUT2D eigenvalue weighted by molar-refractivity contribution is -0.387. The van der Waals surface area contributed by atoms with E-state index in [0.29, 0.717) is 11.3 Å². The van der Waals surface area contributed by atoms with E-state index < -0.39 is 38.0 Å². The van der Waals surface area contributed by atoms with Crippen LogP contribution in [0.3, 0.4) is 0 Å². The second-order valence-corrected chi connectivity index (χ2v) is 9.88. The normalized spacial score (nSPS) is 11.2. The zero-order valence-corrected chi connectivity index (χ0v) is 22.0. The second kappa shape index (κ2) is 12.1. The topological polar surface area (TPSA) is 144 Å². The summed E-state index contributed by atoms with van der Waals surface area (Å²) in [6.45, 7) is -0.742. The van der Waals surface area contributed by atoms with E-state index in [1.165, 1.54) is 50.8 Å². The Labute approximate surface area is 220 Å². The molecule has 0 aliphatic rings. The Hall–Kier alpha value is -4.65. The summed E-state index contributed by atoms with van der Waals surface area (Å²) in [5.74, 6) is -0.335. The van der Waals surface area contributed by atoms with E-state index in [1.807, 2.05) is 31.1 Å². The Morgan fingerprint density at radius 3 is 2.34 bits per heavy atom. The van der Waals surface area contributed by atoms with Gasteiger partial charge in [-0.25, -0.2) is 13.8 Å². The third-order valence-electron chi connectivity index (χ3n) is 5.39. The van der Waals surface area contributed by atoms with Crippen LogP contribution in [0.4, 0.5) is 17.1 Å². The van der Waals surface area contributed by atoms with Gasteiger partial charge in [-0.2, -0.15) is 5.10 Å². The highest BCUT2D eigenvalue weighted by Crippen LogP contribution is 2.37. The molecule has 0 heterocycles. The van der Waals surface area contributed by atoms with E-state index in [2.05, 4.69) is 10.5 Å². The predicted octanol–water partition coefficient (Wildman–Crippen LogP) is 3.02. The molecule has 0 radical (unpaired) electrons. The number of ether oxygens (including phenoxy) is 2. The van der Waals surface area contributed by atoms with E-state index in [-0.39, 0.29) is 11.4 Å². The van der Waals surface area contributed by atoms with Crippen LogP contribution in [0.15, 0.2) is 76.7 Å². The monoisotopic (exact) mass is 541 g/mol. The first-order valence-corrected chi connectivity index (χ1v) is 12.6. The molecule has 0 aromatic heterocycles. The molecule has 0 spiro atoms. The summed E-state index contributed by atoms with van der Waals surface area (Å²) in [6.07, 6.45) is 1.41. The molecule has 0 unspecified atom stereocenters. The Morgan fingerprint density at radius 2 is 1.74 bits per heavy atom. The van der Waals surface area contributed by atoms with Crippen molar-refractivity contribution >= 4 is 39.2 Å². The van der Waals surface area contributed by atoms with Crippen LogP contribution in [-0.2, 0) is 14.8 Å². The lowest BCUT2D eigenvalue weighted by Crippen LogP contribution is -2.40. The number of hydrogen-bond donors (Lipinski definition) is 1. The molecule has 0 aliphatic carbocycles. The number of sulfonamides is 1. The molecule has 200 valence electrons. The minimum atomic E-state index is -4.61. The van der Waals surface area contributed by atoms with E-state index in [4.69, 9.17) is 9.47 Å². The number of carbonyl (C=O) groups excluding carboxylic acids is 1. The number of nitro groups is 1. The number of amides is 1. The summed E-state index contributed by atoms with van der Waals surface area (Å²) in [6, 6.07) is 16.5. The highest BCUT2D eigenvalue weighted by atomic mass is 32.2. The summed E-state index contributed by atoms with van der Waals surface area (Å²) in [5.41, 5.74) is 3.33. The van der Waals surface area contributed by atoms with Gasteiger partial charge in [0.1, 0.15) is 18.0 Å². The number of hydrogen-bond acceptors (Lipinski definition) is 9. The third kappa shape index (κ3) is 6.37. The van der Waals surface area contributed by atoms with Crippen molar-refractivity contribution in [2.45, 2.75) is 4.90 Å². The van der Waals surface area contributed by atoms with Gasteiger partial charge in [-0.1, -0.05) is 24.3 Å². The molecule has 0 saturated carbocycles. The van der Waals surface area contributed by atoms with Crippen molar-refractivity contribution < 1.29 is 27.6 Å². The maximum absolute atomic E-state index is 13.7. The van der Waals surface area contributed by atoms with Gasteiger partial charge in [0.15, 0.2) is 4.90 Å². The van der Waals surface area contributed by atoms with Crippen molar-refractivity contribution in [3.63, 3.8) is 0 Å². The molecule has 3 rings (SSSR count). The molecule has 12 nitrogen and oxygen atoms in total. The minimum absolute atomic E-state index is 0.0233. The number of anilines is 2. The summed E-state index contributed by atoms with van der Waals surface area (Å²) >= 11 is 0. The van der Waals surface area contributed by atoms with E-state index >= 15 is 0 Å². The van der Waals surface area contributed by atoms with Crippen LogP contribution >= 0.6 is 0 Å². The maximum atomic E-state index is 13.7. The fourth-order valence-corrected chi connectivity index (χ4v) is 5.03. The number of nitrogens with zero attached hydrogens (tertiary/aromatic N) is 4. The number of methoxy groups -OCH3 is 2. The molecule has 1 amide bonds. The average molecular weight is 542 g/mol. The van der Waals surface area contributed by atoms with Crippen LogP contribution in [-0.4, -0.2) is 60.3 Å². The first-order valence-electron chi connectivity index (χ1n) is 11.2. The quantitative estimate of drug-likeness (QED) is 0.222. The van der Waals surface area contributed by atoms with Crippen LogP contribution in [0.2, 0.25) is 0 Å². The van der Waals surface area contributed by atoms with Gasteiger partial charge in [-0.05, 0) is 35.9 Å². The number of para-hydroxylation sites is 1. The lowest BCUT2D eigenvalue weighted by atomic mass is 10.2. The standard InChI is InChI=1S/C25H27N5O7S/c1-28(2)19-11-9-18(10-12-19)16-26-27-25(31)17-29(21-14-13-20(36-3)15-23(21)37-4)38(34,35)24-8-6-5-7-22(24)30(32)33/h5-16H,17H2,1-4H3,(H,27,31)/b26-16+. The van der Waals surface area contributed by atoms with Gasteiger partial charge in [0.25, 0.3) is 21.6 Å². The fraction of sp³-hybridized carbons (Fsp3) is 0.200. The molecule has 0 aliphatic heterocycles. The SMILES string of the molecule is COc1ccc(N(CC(=O)N/N=C/c2ccc(N(C)C)cc2)S(=O)(=O)c2ccccc2[N+](=O)[O-])c(OC)c1. The molecular formula is C25H27N5O7S. The second-order valence-electron chi connectivity index (χ2n) is 8.05. The fourth-order valence-electron chi connectivity index (χ4n) is 3.44. The molecule has 13 heteroatoms. The van der Waals surface area contributed by atoms with Crippen LogP contribution in [0.1, 0.15) is 5.56 Å². The van der Waals surface area contributed by atoms with E-state index in [1.54, 1.807) is 12.1 Å². The minimum Gasteiger partial charge on any atom is -0.497 e. The smallest absolute Gasteiger partial charge is 0.289 e. The number of nitrogens with one attached hydrogen (secondary N) is 1. The molecular weight excluding hydrogens is 514 g/mol. The molecule has 0 atom stereocenters. The van der Waals surface area contributed by atoms with Crippen molar-refractivity contribution in [2.75, 3.05) is 44.1 Å². The molecule has 0 saturated heterocycles. The highest BCUT2D eigenvalue weighted by Gasteiger charge is 2.34. The number of nitro benzene ring substituents is 1. The van der Waals surface area contributed by atoms with Crippen LogP contribution in [0.5, 0.6) is 11.5 Å². The van der Waals surface area contributed by atoms with Gasteiger partial charge in [-0.3, -0.25) is 19.2 Å². The summed E-state index contributed by atoms with van der Waals surface area (Å²) in [5, 5.41) is 15.5. The zero-order valence-electron chi connectivity index (χ0n) is 21.2. The number of carbonyl (C=O) groups is 1. The van der Waals surface area contributed by atoms with E-state index in [0.717, 1.165) is 22.1 Å². The van der Waals surface area contributed by atoms with Gasteiger partial charge < -0.3 is 14.4 Å². The Bertz CT molecular complexity index is 1440. The van der Waals surface area contributed by atoms with E-state index in [9.17, 15) is 23.3 Å². The molecule has 38 heavy (non-hydrogen) atoms. The lowest BCUT2D eigenvalue weighted by Gasteiger charge is -2.25. The van der Waals surface area contributed by atoms with Gasteiger partial charge in [0.2, 0.25) is 0 Å². The Balaban J connectivity index is 1.96. The number of benzene rings is 3. The van der Waals surface area contributed by atoms with Gasteiger partial charge >= 0.3 is 0 Å². The maximum Gasteiger partial charge on any atom is 0.289 e. The summed E-state index contributed by atoms with van der Waals surface area (Å²) in [7, 11) is 1.95. The Morgan fingerprint density at radius 1 is 1.05 bits per heavy atom. The highest BCUT2D eigenvalue weighted by molar-refractivity contribution is 7.93. The summed E-state index contributed by atoms with van der Waals surface area (Å²) < 4.78 is 38.7. The molecule has 3 aromatic carbocycles. The first-order chi connectivity index (χ1) is 18.1. The molecule has 0 fully saturated rings. The van der Waals surface area contributed by atoms with Crippen molar-refractivity contribution in [3.05, 3.63) is 82.4 Å². The average Bonchev–Trinajstić information content (AvgIpc) is 2.91. The van der Waals surface area contributed by atoms with Crippen molar-refractivity contribution in [1.29, 1.82) is 0 Å². The van der Waals surface area contributed by atoms with Crippen molar-refractivity contribution in [1.82, 2.24) is 5.43 Å². The Kier molecular flexibility index (Phi) is 8.86.